The summed E-state index contributed by atoms with van der Waals surface area (Å²) < 4.78 is 9.33. The van der Waals surface area contributed by atoms with Crippen molar-refractivity contribution in [3.05, 3.63) is 164 Å². The van der Waals surface area contributed by atoms with Gasteiger partial charge in [-0.3, -0.25) is 0 Å². The largest absolute Gasteiger partial charge is 0.456 e. The Labute approximate surface area is 276 Å². The lowest BCUT2D eigenvalue weighted by molar-refractivity contribution is 0.487. The number of fused-ring (bicyclic) bond motifs is 6. The van der Waals surface area contributed by atoms with Crippen LogP contribution in [0.15, 0.2) is 164 Å². The fourth-order valence-corrected chi connectivity index (χ4v) is 8.30. The maximum atomic E-state index is 6.72. The molecule has 47 heavy (non-hydrogen) atoms. The summed E-state index contributed by atoms with van der Waals surface area (Å²) >= 11 is 1.85. The topological polar surface area (TPSA) is 12.5 Å². The second-order valence-electron chi connectivity index (χ2n) is 12.1. The van der Waals surface area contributed by atoms with Crippen molar-refractivity contribution < 1.29 is 4.74 Å². The minimum absolute atomic E-state index is 0.884. The van der Waals surface area contributed by atoms with E-state index in [1.807, 2.05) is 11.3 Å². The Morgan fingerprint density at radius 1 is 0.426 bits per heavy atom. The van der Waals surface area contributed by atoms with E-state index >= 15 is 0 Å². The van der Waals surface area contributed by atoms with Crippen LogP contribution < -0.4 is 9.64 Å². The Bertz CT molecular complexity index is 2670. The Morgan fingerprint density at radius 3 is 2.13 bits per heavy atom. The summed E-state index contributed by atoms with van der Waals surface area (Å²) in [6, 6.07) is 59.0. The van der Waals surface area contributed by atoms with Gasteiger partial charge in [-0.1, -0.05) is 97.1 Å². The number of anilines is 3. The minimum atomic E-state index is 0.884. The SMILES string of the molecule is c1ccc(N(c2ccc3sc4ccccc4c3c2)c2ccc3c4c(cccc24)-c2ccc(-c4ccc5ccccc5c4)cc2O3)cc1. The second-order valence-corrected chi connectivity index (χ2v) is 13.2. The first kappa shape index (κ1) is 26.3. The number of para-hydroxylation sites is 1. The maximum Gasteiger partial charge on any atom is 0.136 e. The van der Waals surface area contributed by atoms with Gasteiger partial charge in [0, 0.05) is 47.9 Å². The maximum absolute atomic E-state index is 6.72. The van der Waals surface area contributed by atoms with E-state index in [-0.39, 0.29) is 0 Å². The van der Waals surface area contributed by atoms with Crippen LogP contribution in [0.5, 0.6) is 11.5 Å². The van der Waals surface area contributed by atoms with E-state index in [0.717, 1.165) is 50.5 Å². The molecular formula is C44H27NOS. The molecule has 10 rings (SSSR count). The number of thiophene rings is 1. The van der Waals surface area contributed by atoms with Crippen LogP contribution in [0.25, 0.3) is 64.0 Å². The van der Waals surface area contributed by atoms with Crippen molar-refractivity contribution in [1.82, 2.24) is 0 Å². The average molecular weight is 618 g/mol. The summed E-state index contributed by atoms with van der Waals surface area (Å²) in [7, 11) is 0. The lowest BCUT2D eigenvalue weighted by Crippen LogP contribution is -2.11. The molecule has 9 aromatic rings. The average Bonchev–Trinajstić information content (AvgIpc) is 3.51. The van der Waals surface area contributed by atoms with Gasteiger partial charge in [0.05, 0.1) is 5.69 Å². The van der Waals surface area contributed by atoms with E-state index in [4.69, 9.17) is 4.74 Å². The van der Waals surface area contributed by atoms with Crippen LogP contribution >= 0.6 is 11.3 Å². The molecule has 1 aliphatic heterocycles. The summed E-state index contributed by atoms with van der Waals surface area (Å²) in [5.74, 6) is 1.77. The molecule has 2 heterocycles. The third-order valence-electron chi connectivity index (χ3n) is 9.43. The Morgan fingerprint density at radius 2 is 1.19 bits per heavy atom. The predicted octanol–water partition coefficient (Wildman–Crippen LogP) is 13.3. The van der Waals surface area contributed by atoms with Crippen LogP contribution in [0.3, 0.4) is 0 Å². The van der Waals surface area contributed by atoms with Crippen molar-refractivity contribution in [1.29, 1.82) is 0 Å². The highest BCUT2D eigenvalue weighted by atomic mass is 32.1. The van der Waals surface area contributed by atoms with Gasteiger partial charge in [0.25, 0.3) is 0 Å². The van der Waals surface area contributed by atoms with E-state index in [0.29, 0.717) is 0 Å². The first-order chi connectivity index (χ1) is 23.3. The zero-order valence-electron chi connectivity index (χ0n) is 25.4. The Kier molecular flexibility index (Phi) is 5.78. The number of nitrogens with zero attached hydrogens (tertiary/aromatic N) is 1. The number of rotatable bonds is 4. The molecule has 3 heteroatoms. The van der Waals surface area contributed by atoms with Gasteiger partial charge in [-0.15, -0.1) is 11.3 Å². The summed E-state index contributed by atoms with van der Waals surface area (Å²) in [5.41, 5.74) is 8.00. The molecule has 0 radical (unpaired) electrons. The van der Waals surface area contributed by atoms with Gasteiger partial charge in [-0.05, 0) is 94.2 Å². The standard InChI is InChI=1S/C44H27NOS/c1-2-11-32(12-3-1)45(33-20-24-43-38(27-33)35-13-6-7-16-42(35)47-43)39-22-23-40-44-36(14-8-15-37(39)44)34-21-19-31(26-41(34)46-40)30-18-17-28-9-4-5-10-29(28)25-30/h1-27H. The molecule has 220 valence electrons. The second kappa shape index (κ2) is 10.3. The Balaban J connectivity index is 1.14. The zero-order valence-corrected chi connectivity index (χ0v) is 26.2. The van der Waals surface area contributed by atoms with E-state index in [9.17, 15) is 0 Å². The lowest BCUT2D eigenvalue weighted by atomic mass is 9.91. The van der Waals surface area contributed by atoms with E-state index in [1.165, 1.54) is 42.1 Å². The number of benzene rings is 8. The fourth-order valence-electron chi connectivity index (χ4n) is 7.22. The van der Waals surface area contributed by atoms with Crippen LogP contribution in [-0.4, -0.2) is 0 Å². The van der Waals surface area contributed by atoms with Gasteiger partial charge >= 0.3 is 0 Å². The smallest absolute Gasteiger partial charge is 0.136 e. The highest BCUT2D eigenvalue weighted by Gasteiger charge is 2.24. The molecule has 2 nitrogen and oxygen atoms in total. The highest BCUT2D eigenvalue weighted by Crippen LogP contribution is 2.51. The van der Waals surface area contributed by atoms with E-state index in [1.54, 1.807) is 0 Å². The molecular weight excluding hydrogens is 591 g/mol. The monoisotopic (exact) mass is 617 g/mol. The molecule has 0 saturated carbocycles. The molecule has 0 fully saturated rings. The van der Waals surface area contributed by atoms with Crippen molar-refractivity contribution in [3.63, 3.8) is 0 Å². The van der Waals surface area contributed by atoms with Crippen LogP contribution in [0.4, 0.5) is 17.1 Å². The molecule has 0 spiro atoms. The minimum Gasteiger partial charge on any atom is -0.456 e. The van der Waals surface area contributed by atoms with Gasteiger partial charge in [0.2, 0.25) is 0 Å². The molecule has 0 atom stereocenters. The predicted molar refractivity (Wildman–Crippen MR) is 200 cm³/mol. The first-order valence-electron chi connectivity index (χ1n) is 15.9. The molecule has 8 aromatic carbocycles. The van der Waals surface area contributed by atoms with Crippen molar-refractivity contribution in [3.8, 4) is 33.8 Å². The molecule has 1 aromatic heterocycles. The highest BCUT2D eigenvalue weighted by molar-refractivity contribution is 7.25. The van der Waals surface area contributed by atoms with Crippen molar-refractivity contribution in [2.24, 2.45) is 0 Å². The summed E-state index contributed by atoms with van der Waals surface area (Å²) in [4.78, 5) is 2.38. The molecule has 0 amide bonds. The van der Waals surface area contributed by atoms with Gasteiger partial charge in [0.1, 0.15) is 11.5 Å². The van der Waals surface area contributed by atoms with Crippen molar-refractivity contribution >= 4 is 70.1 Å². The number of hydrogen-bond donors (Lipinski definition) is 0. The van der Waals surface area contributed by atoms with Crippen molar-refractivity contribution in [2.45, 2.75) is 0 Å². The summed E-state index contributed by atoms with van der Waals surface area (Å²) in [6.07, 6.45) is 0. The third-order valence-corrected chi connectivity index (χ3v) is 10.6. The van der Waals surface area contributed by atoms with Crippen LogP contribution in [-0.2, 0) is 0 Å². The molecule has 0 unspecified atom stereocenters. The summed E-state index contributed by atoms with van der Waals surface area (Å²) in [5, 5.41) is 7.36. The third kappa shape index (κ3) is 4.17. The van der Waals surface area contributed by atoms with Gasteiger partial charge in [-0.25, -0.2) is 0 Å². The van der Waals surface area contributed by atoms with Gasteiger partial charge < -0.3 is 9.64 Å². The normalized spacial score (nSPS) is 12.0. The van der Waals surface area contributed by atoms with Crippen LogP contribution in [0, 0.1) is 0 Å². The number of hydrogen-bond acceptors (Lipinski definition) is 3. The molecule has 0 N–H and O–H groups in total. The molecule has 0 saturated heterocycles. The lowest BCUT2D eigenvalue weighted by Gasteiger charge is -2.29. The first-order valence-corrected chi connectivity index (χ1v) is 16.7. The molecule has 0 aliphatic carbocycles. The van der Waals surface area contributed by atoms with Gasteiger partial charge in [-0.2, -0.15) is 0 Å². The molecule has 0 bridgehead atoms. The van der Waals surface area contributed by atoms with E-state index in [2.05, 4.69) is 169 Å². The summed E-state index contributed by atoms with van der Waals surface area (Å²) in [6.45, 7) is 0. The van der Waals surface area contributed by atoms with Gasteiger partial charge in [0.15, 0.2) is 0 Å². The van der Waals surface area contributed by atoms with E-state index < -0.39 is 0 Å². The zero-order chi connectivity index (χ0) is 30.9. The Hall–Kier alpha value is -5.90. The fraction of sp³-hybridized carbons (Fsp3) is 0. The van der Waals surface area contributed by atoms with Crippen LogP contribution in [0.2, 0.25) is 0 Å². The van der Waals surface area contributed by atoms with Crippen LogP contribution in [0.1, 0.15) is 0 Å². The number of ether oxygens (including phenoxy) is 1. The quantitative estimate of drug-likeness (QED) is 0.195. The van der Waals surface area contributed by atoms with Crippen molar-refractivity contribution in [2.75, 3.05) is 4.90 Å². The molecule has 1 aliphatic rings.